The Morgan fingerprint density at radius 3 is 1.42 bits per heavy atom. The molecule has 0 saturated heterocycles. The van der Waals surface area contributed by atoms with E-state index in [4.69, 9.17) is 4.74 Å². The minimum absolute atomic E-state index is 0.0785. The molecule has 0 aromatic carbocycles. The summed E-state index contributed by atoms with van der Waals surface area (Å²) in [6.45, 7) is 6.37. The maximum atomic E-state index is 13.1. The van der Waals surface area contributed by atoms with Crippen LogP contribution in [0.3, 0.4) is 0 Å². The summed E-state index contributed by atoms with van der Waals surface area (Å²) < 4.78 is 5.90. The van der Waals surface area contributed by atoms with Crippen molar-refractivity contribution in [3.05, 3.63) is 24.3 Å². The quantitative estimate of drug-likeness (QED) is 0.0324. The second kappa shape index (κ2) is 45.4. The second-order valence-electron chi connectivity index (χ2n) is 17.2. The first-order valence-corrected chi connectivity index (χ1v) is 25.1. The van der Waals surface area contributed by atoms with Crippen molar-refractivity contribution < 1.29 is 24.5 Å². The Morgan fingerprint density at radius 1 is 0.526 bits per heavy atom. The number of hydrogen-bond donors (Lipinski definition) is 3. The Balaban J connectivity index is 4.39. The van der Waals surface area contributed by atoms with E-state index in [1.165, 1.54) is 154 Å². The molecule has 0 rings (SSSR count). The zero-order valence-electron chi connectivity index (χ0n) is 38.2. The summed E-state index contributed by atoms with van der Waals surface area (Å²) in [6.07, 6.45) is 51.0. The highest BCUT2D eigenvalue weighted by molar-refractivity contribution is 5.77. The number of hydrogen-bond acceptors (Lipinski definition) is 5. The van der Waals surface area contributed by atoms with Crippen molar-refractivity contribution in [3.8, 4) is 0 Å². The summed E-state index contributed by atoms with van der Waals surface area (Å²) in [7, 11) is 0. The molecule has 0 aliphatic carbocycles. The van der Waals surface area contributed by atoms with Crippen LogP contribution >= 0.6 is 0 Å². The number of amides is 1. The largest absolute Gasteiger partial charge is 0.462 e. The highest BCUT2D eigenvalue weighted by atomic mass is 16.5. The van der Waals surface area contributed by atoms with Gasteiger partial charge in [0.1, 0.15) is 6.10 Å². The summed E-state index contributed by atoms with van der Waals surface area (Å²) in [6, 6.07) is -0.697. The van der Waals surface area contributed by atoms with Gasteiger partial charge in [-0.15, -0.1) is 0 Å². The molecule has 0 saturated carbocycles. The standard InChI is InChI=1S/C51H97NO5/c1-4-7-10-13-16-19-21-23-25-26-27-29-31-34-37-40-43-49(54)48(46-53)52-50(55)45-47(42-39-36-33-18-15-12-9-6-3)57-51(56)44-41-38-35-32-30-28-24-22-20-17-14-11-8-5-2/h8,11,17,20,47-49,53-54H,4-7,9-10,12-16,18-19,21-46H2,1-3H3,(H,52,55)/b11-8+,20-17+. The van der Waals surface area contributed by atoms with Crippen molar-refractivity contribution in [2.75, 3.05) is 6.61 Å². The molecule has 0 aliphatic rings. The van der Waals surface area contributed by atoms with Crippen LogP contribution in [0.25, 0.3) is 0 Å². The van der Waals surface area contributed by atoms with E-state index < -0.39 is 18.2 Å². The molecule has 57 heavy (non-hydrogen) atoms. The fourth-order valence-corrected chi connectivity index (χ4v) is 7.76. The molecule has 1 amide bonds. The Hall–Kier alpha value is -1.66. The van der Waals surface area contributed by atoms with Gasteiger partial charge in [0, 0.05) is 6.42 Å². The van der Waals surface area contributed by atoms with E-state index in [0.717, 1.165) is 64.2 Å². The van der Waals surface area contributed by atoms with Crippen LogP contribution in [-0.2, 0) is 14.3 Å². The third-order valence-electron chi connectivity index (χ3n) is 11.5. The van der Waals surface area contributed by atoms with Crippen LogP contribution in [0.4, 0.5) is 0 Å². The van der Waals surface area contributed by atoms with E-state index >= 15 is 0 Å². The Labute approximate surface area is 354 Å². The Kier molecular flexibility index (Phi) is 44.1. The van der Waals surface area contributed by atoms with E-state index in [1.807, 2.05) is 0 Å². The van der Waals surface area contributed by atoms with Crippen molar-refractivity contribution in [1.82, 2.24) is 5.32 Å². The lowest BCUT2D eigenvalue weighted by atomic mass is 10.0. The number of rotatable bonds is 45. The predicted molar refractivity (Wildman–Crippen MR) is 246 cm³/mol. The molecule has 0 heterocycles. The van der Waals surface area contributed by atoms with Crippen LogP contribution in [0.15, 0.2) is 24.3 Å². The van der Waals surface area contributed by atoms with Gasteiger partial charge in [-0.1, -0.05) is 225 Å². The first-order valence-electron chi connectivity index (χ1n) is 25.1. The molecule has 0 radical (unpaired) electrons. The molecular formula is C51H97NO5. The highest BCUT2D eigenvalue weighted by Crippen LogP contribution is 2.18. The number of carbonyl (C=O) groups excluding carboxylic acids is 2. The van der Waals surface area contributed by atoms with Crippen molar-refractivity contribution in [1.29, 1.82) is 0 Å². The van der Waals surface area contributed by atoms with E-state index in [1.54, 1.807) is 0 Å². The van der Waals surface area contributed by atoms with Crippen molar-refractivity contribution in [2.24, 2.45) is 0 Å². The van der Waals surface area contributed by atoms with E-state index in [2.05, 4.69) is 50.4 Å². The first kappa shape index (κ1) is 55.3. The Bertz CT molecular complexity index is 904. The van der Waals surface area contributed by atoms with Crippen LogP contribution in [0.5, 0.6) is 0 Å². The summed E-state index contributed by atoms with van der Waals surface area (Å²) in [4.78, 5) is 26.0. The van der Waals surface area contributed by atoms with Gasteiger partial charge in [-0.25, -0.2) is 0 Å². The minimum atomic E-state index is -0.783. The maximum absolute atomic E-state index is 13.1. The van der Waals surface area contributed by atoms with Crippen LogP contribution < -0.4 is 5.32 Å². The lowest BCUT2D eigenvalue weighted by Gasteiger charge is -2.24. The summed E-state index contributed by atoms with van der Waals surface area (Å²) >= 11 is 0. The summed E-state index contributed by atoms with van der Waals surface area (Å²) in [5, 5.41) is 23.7. The van der Waals surface area contributed by atoms with Gasteiger partial charge in [0.25, 0.3) is 0 Å². The van der Waals surface area contributed by atoms with Gasteiger partial charge in [0.05, 0.1) is 25.2 Å². The molecule has 336 valence electrons. The molecule has 0 spiro atoms. The summed E-state index contributed by atoms with van der Waals surface area (Å²) in [5.41, 5.74) is 0. The number of allylic oxidation sites excluding steroid dienone is 4. The van der Waals surface area contributed by atoms with Crippen LogP contribution in [0, 0.1) is 0 Å². The number of esters is 1. The zero-order valence-corrected chi connectivity index (χ0v) is 38.2. The van der Waals surface area contributed by atoms with Gasteiger partial charge in [0.2, 0.25) is 5.91 Å². The number of unbranched alkanes of at least 4 members (excludes halogenated alkanes) is 29. The zero-order chi connectivity index (χ0) is 41.7. The first-order chi connectivity index (χ1) is 28.0. The fourth-order valence-electron chi connectivity index (χ4n) is 7.76. The topological polar surface area (TPSA) is 95.9 Å². The van der Waals surface area contributed by atoms with Crippen molar-refractivity contribution in [3.63, 3.8) is 0 Å². The monoisotopic (exact) mass is 804 g/mol. The molecule has 0 aliphatic heterocycles. The molecule has 0 bridgehead atoms. The number of aliphatic hydroxyl groups is 2. The van der Waals surface area contributed by atoms with E-state index in [0.29, 0.717) is 19.3 Å². The van der Waals surface area contributed by atoms with Crippen molar-refractivity contribution >= 4 is 11.9 Å². The normalized spacial score (nSPS) is 13.4. The van der Waals surface area contributed by atoms with Gasteiger partial charge in [0.15, 0.2) is 0 Å². The molecule has 3 unspecified atom stereocenters. The minimum Gasteiger partial charge on any atom is -0.462 e. The fraction of sp³-hybridized carbons (Fsp3) is 0.882. The SMILES string of the molecule is CC/C=C/C/C=C/CCCCCCCCCC(=O)OC(CCCCCCCCCC)CC(=O)NC(CO)C(O)CCCCCCCCCCCCCCCCCC. The molecular weight excluding hydrogens is 707 g/mol. The van der Waals surface area contributed by atoms with Gasteiger partial charge < -0.3 is 20.3 Å². The van der Waals surface area contributed by atoms with Crippen LogP contribution in [0.2, 0.25) is 0 Å². The third kappa shape index (κ3) is 40.9. The number of nitrogens with one attached hydrogen (secondary N) is 1. The average Bonchev–Trinajstić information content (AvgIpc) is 3.20. The Morgan fingerprint density at radius 2 is 0.947 bits per heavy atom. The summed E-state index contributed by atoms with van der Waals surface area (Å²) in [5.74, 6) is -0.476. The van der Waals surface area contributed by atoms with Crippen LogP contribution in [-0.4, -0.2) is 46.9 Å². The number of aliphatic hydroxyl groups excluding tert-OH is 2. The average molecular weight is 804 g/mol. The van der Waals surface area contributed by atoms with E-state index in [9.17, 15) is 19.8 Å². The predicted octanol–water partition coefficient (Wildman–Crippen LogP) is 14.7. The van der Waals surface area contributed by atoms with Gasteiger partial charge >= 0.3 is 5.97 Å². The second-order valence-corrected chi connectivity index (χ2v) is 17.2. The molecule has 0 aromatic heterocycles. The van der Waals surface area contributed by atoms with Gasteiger partial charge in [-0.3, -0.25) is 9.59 Å². The van der Waals surface area contributed by atoms with Gasteiger partial charge in [-0.2, -0.15) is 0 Å². The number of ether oxygens (including phenoxy) is 1. The molecule has 6 nitrogen and oxygen atoms in total. The van der Waals surface area contributed by atoms with Crippen LogP contribution in [0.1, 0.15) is 265 Å². The van der Waals surface area contributed by atoms with Crippen molar-refractivity contribution in [2.45, 2.75) is 283 Å². The lowest BCUT2D eigenvalue weighted by molar-refractivity contribution is -0.151. The lowest BCUT2D eigenvalue weighted by Crippen LogP contribution is -2.46. The van der Waals surface area contributed by atoms with Gasteiger partial charge in [-0.05, 0) is 51.4 Å². The number of carbonyl (C=O) groups is 2. The molecule has 0 aromatic rings. The molecule has 3 atom stereocenters. The molecule has 0 fully saturated rings. The molecule has 3 N–H and O–H groups in total. The molecule has 6 heteroatoms. The highest BCUT2D eigenvalue weighted by Gasteiger charge is 2.24. The van der Waals surface area contributed by atoms with E-state index in [-0.39, 0.29) is 24.9 Å². The third-order valence-corrected chi connectivity index (χ3v) is 11.5. The smallest absolute Gasteiger partial charge is 0.306 e. The maximum Gasteiger partial charge on any atom is 0.306 e.